The maximum atomic E-state index is 5.09. The monoisotopic (exact) mass is 786 g/mol. The summed E-state index contributed by atoms with van der Waals surface area (Å²) in [5.41, 5.74) is 10.1. The quantitative estimate of drug-likeness (QED) is 0.119. The van der Waals surface area contributed by atoms with Gasteiger partial charge < -0.3 is 4.57 Å². The highest BCUT2D eigenvalue weighted by molar-refractivity contribution is 7.20. The molecule has 0 fully saturated rings. The average Bonchev–Trinajstić information content (AvgIpc) is 3.64. The molecule has 0 aliphatic carbocycles. The first kappa shape index (κ1) is 35.8. The second-order valence-electron chi connectivity index (χ2n) is 16.2. The van der Waals surface area contributed by atoms with Crippen LogP contribution in [0.15, 0.2) is 219 Å². The number of rotatable bonds is 7. The van der Waals surface area contributed by atoms with Crippen molar-refractivity contribution in [1.29, 1.82) is 0 Å². The minimum absolute atomic E-state index is 0.332. The fourth-order valence-corrected chi connectivity index (χ4v) is 14.6. The van der Waals surface area contributed by atoms with Crippen LogP contribution < -0.4 is 25.6 Å². The molecule has 0 radical (unpaired) electrons. The van der Waals surface area contributed by atoms with Crippen LogP contribution in [0.1, 0.15) is 25.0 Å². The van der Waals surface area contributed by atoms with Gasteiger partial charge in [0.1, 0.15) is 5.82 Å². The molecule has 0 N–H and O–H groups in total. The summed E-state index contributed by atoms with van der Waals surface area (Å²) in [6, 6.07) is 75.6. The molecule has 286 valence electrons. The predicted molar refractivity (Wildman–Crippen MR) is 252 cm³/mol. The number of fused-ring (bicyclic) bond motifs is 5. The normalized spacial score (nSPS) is 13.3. The lowest BCUT2D eigenvalue weighted by atomic mass is 9.73. The van der Waals surface area contributed by atoms with Crippen molar-refractivity contribution in [2.24, 2.45) is 0 Å². The molecule has 0 spiro atoms. The van der Waals surface area contributed by atoms with E-state index in [4.69, 9.17) is 9.97 Å². The molecule has 0 saturated heterocycles. The Morgan fingerprint density at radius 3 is 1.75 bits per heavy atom. The molecule has 4 nitrogen and oxygen atoms in total. The number of para-hydroxylation sites is 2. The summed E-state index contributed by atoms with van der Waals surface area (Å²) >= 11 is 0. The number of aromatic nitrogens is 3. The zero-order chi connectivity index (χ0) is 40.3. The van der Waals surface area contributed by atoms with Gasteiger partial charge in [-0.25, -0.2) is 4.98 Å². The van der Waals surface area contributed by atoms with Crippen molar-refractivity contribution >= 4 is 67.8 Å². The number of anilines is 3. The van der Waals surface area contributed by atoms with Crippen molar-refractivity contribution < 1.29 is 0 Å². The highest BCUT2D eigenvalue weighted by atomic mass is 28.3. The number of hydrogen-bond donors (Lipinski definition) is 0. The number of hydrogen-bond acceptors (Lipinski definition) is 3. The molecule has 3 aromatic heterocycles. The first-order chi connectivity index (χ1) is 29.5. The summed E-state index contributed by atoms with van der Waals surface area (Å²) < 4.78 is 2.41. The summed E-state index contributed by atoms with van der Waals surface area (Å²) in [6.45, 7) is 4.77. The van der Waals surface area contributed by atoms with Crippen LogP contribution in [-0.2, 0) is 5.41 Å². The Kier molecular flexibility index (Phi) is 8.46. The van der Waals surface area contributed by atoms with Gasteiger partial charge in [-0.15, -0.1) is 0 Å². The van der Waals surface area contributed by atoms with E-state index in [-0.39, 0.29) is 5.41 Å². The summed E-state index contributed by atoms with van der Waals surface area (Å²) in [6.07, 6.45) is 3.79. The third-order valence-electron chi connectivity index (χ3n) is 12.6. The van der Waals surface area contributed by atoms with E-state index in [2.05, 4.69) is 217 Å². The lowest BCUT2D eigenvalue weighted by molar-refractivity contribution is 0.632. The van der Waals surface area contributed by atoms with Gasteiger partial charge in [-0.1, -0.05) is 159 Å². The van der Waals surface area contributed by atoms with Gasteiger partial charge in [-0.2, -0.15) is 0 Å². The van der Waals surface area contributed by atoms with Crippen LogP contribution in [0, 0.1) is 0 Å². The number of benzene rings is 7. The molecule has 5 heteroatoms. The van der Waals surface area contributed by atoms with Gasteiger partial charge in [0.2, 0.25) is 0 Å². The fraction of sp³-hybridized carbons (Fsp3) is 0.0545. The van der Waals surface area contributed by atoms with Crippen LogP contribution >= 0.6 is 0 Å². The van der Waals surface area contributed by atoms with Gasteiger partial charge in [0.25, 0.3) is 0 Å². The third kappa shape index (κ3) is 5.50. The van der Waals surface area contributed by atoms with Crippen molar-refractivity contribution in [1.82, 2.24) is 14.5 Å². The third-order valence-corrected chi connectivity index (χ3v) is 17.4. The minimum Gasteiger partial charge on any atom is -0.309 e. The van der Waals surface area contributed by atoms with E-state index in [0.717, 1.165) is 34.1 Å². The van der Waals surface area contributed by atoms with Crippen LogP contribution in [0.2, 0.25) is 0 Å². The molecule has 4 heterocycles. The SMILES string of the molecule is CC1(C)c2ccc([Si](c3ccccc3)(c3ccccc3)c3cccc(-c4ccccn4)c3)cc2N(c2ccccn2)c2cc3c(cc21)c1ccccc1n3-c1ccccc1. The Hall–Kier alpha value is -7.34. The van der Waals surface area contributed by atoms with E-state index in [1.807, 2.05) is 24.5 Å². The second kappa shape index (κ2) is 14.2. The molecule has 0 unspecified atom stereocenters. The fourth-order valence-electron chi connectivity index (χ4n) is 9.85. The lowest BCUT2D eigenvalue weighted by Gasteiger charge is -2.43. The molecule has 0 saturated carbocycles. The first-order valence-electron chi connectivity index (χ1n) is 20.7. The van der Waals surface area contributed by atoms with Crippen LogP contribution in [0.5, 0.6) is 0 Å². The zero-order valence-electron chi connectivity index (χ0n) is 33.6. The van der Waals surface area contributed by atoms with Crippen molar-refractivity contribution in [3.05, 3.63) is 230 Å². The van der Waals surface area contributed by atoms with Crippen LogP contribution in [-0.4, -0.2) is 22.6 Å². The van der Waals surface area contributed by atoms with E-state index < -0.39 is 8.07 Å². The van der Waals surface area contributed by atoms with Gasteiger partial charge >= 0.3 is 0 Å². The van der Waals surface area contributed by atoms with E-state index in [0.29, 0.717) is 0 Å². The van der Waals surface area contributed by atoms with Crippen LogP contribution in [0.25, 0.3) is 38.8 Å². The second-order valence-corrected chi connectivity index (χ2v) is 20.0. The Bertz CT molecular complexity index is 3120. The molecule has 1 aliphatic rings. The van der Waals surface area contributed by atoms with E-state index in [9.17, 15) is 0 Å². The lowest BCUT2D eigenvalue weighted by Crippen LogP contribution is -2.74. The Morgan fingerprint density at radius 1 is 0.433 bits per heavy atom. The molecular formula is C55H42N4Si. The van der Waals surface area contributed by atoms with E-state index in [1.54, 1.807) is 0 Å². The van der Waals surface area contributed by atoms with Crippen molar-refractivity contribution in [3.63, 3.8) is 0 Å². The van der Waals surface area contributed by atoms with Crippen LogP contribution in [0.3, 0.4) is 0 Å². The van der Waals surface area contributed by atoms with Gasteiger partial charge in [0.05, 0.1) is 28.1 Å². The molecule has 7 aromatic carbocycles. The molecule has 60 heavy (non-hydrogen) atoms. The summed E-state index contributed by atoms with van der Waals surface area (Å²) in [4.78, 5) is 12.3. The van der Waals surface area contributed by atoms with Crippen molar-refractivity contribution in [2.75, 3.05) is 4.90 Å². The summed E-state index contributed by atoms with van der Waals surface area (Å²) in [7, 11) is -2.99. The predicted octanol–water partition coefficient (Wildman–Crippen LogP) is 10.7. The standard InChI is InChI=1S/C55H42N4Si/c1-55(2)47-32-31-44(60(41-22-8-4-9-23-41,42-24-10-5-11-25-42)43-26-18-19-39(35-43)49-28-14-16-33-56-49)36-52(47)59(54-30-15-17-34-57-54)53-38-51-46(37-48(53)55)45-27-12-13-29-50(45)58(51)40-20-6-3-7-21-40/h3-38H,1-2H3. The molecule has 10 aromatic rings. The van der Waals surface area contributed by atoms with Gasteiger partial charge in [0, 0.05) is 39.8 Å². The van der Waals surface area contributed by atoms with Gasteiger partial charge in [-0.05, 0) is 92.5 Å². The largest absolute Gasteiger partial charge is 0.309 e. The molecule has 0 amide bonds. The zero-order valence-corrected chi connectivity index (χ0v) is 34.6. The van der Waals surface area contributed by atoms with Crippen molar-refractivity contribution in [3.8, 4) is 16.9 Å². The summed E-state index contributed by atoms with van der Waals surface area (Å²) in [5, 5.41) is 7.74. The Morgan fingerprint density at radius 2 is 1.05 bits per heavy atom. The topological polar surface area (TPSA) is 34.0 Å². The first-order valence-corrected chi connectivity index (χ1v) is 22.7. The molecule has 11 rings (SSSR count). The van der Waals surface area contributed by atoms with Crippen LogP contribution in [0.4, 0.5) is 17.2 Å². The highest BCUT2D eigenvalue weighted by Gasteiger charge is 2.44. The smallest absolute Gasteiger partial charge is 0.179 e. The van der Waals surface area contributed by atoms with E-state index in [1.165, 1.54) is 53.7 Å². The molecule has 0 bridgehead atoms. The van der Waals surface area contributed by atoms with Crippen molar-refractivity contribution in [2.45, 2.75) is 19.3 Å². The molecule has 1 aliphatic heterocycles. The maximum absolute atomic E-state index is 5.09. The van der Waals surface area contributed by atoms with E-state index >= 15 is 0 Å². The Balaban J connectivity index is 1.22. The number of nitrogens with zero attached hydrogens (tertiary/aromatic N) is 4. The Labute approximate surface area is 351 Å². The molecular weight excluding hydrogens is 745 g/mol. The highest BCUT2D eigenvalue weighted by Crippen LogP contribution is 2.53. The van der Waals surface area contributed by atoms with Gasteiger partial charge in [0.15, 0.2) is 8.07 Å². The average molecular weight is 787 g/mol. The number of pyridine rings is 2. The van der Waals surface area contributed by atoms with Gasteiger partial charge in [-0.3, -0.25) is 9.88 Å². The minimum atomic E-state index is -2.99. The maximum Gasteiger partial charge on any atom is 0.179 e. The molecule has 0 atom stereocenters. The summed E-state index contributed by atoms with van der Waals surface area (Å²) in [5.74, 6) is 0.887.